The molecular formula is C20H21BrN4O3S. The second-order valence-corrected chi connectivity index (χ2v) is 9.24. The number of benzene rings is 2. The fourth-order valence-electron chi connectivity index (χ4n) is 2.79. The number of amides is 1. The largest absolute Gasteiger partial charge is 0.322 e. The van der Waals surface area contributed by atoms with Gasteiger partial charge in [-0.05, 0) is 61.9 Å². The number of carbonyl (C=O) groups excluding carboxylic acids is 1. The van der Waals surface area contributed by atoms with Crippen LogP contribution in [0.4, 0.5) is 11.4 Å². The van der Waals surface area contributed by atoms with E-state index >= 15 is 0 Å². The van der Waals surface area contributed by atoms with Crippen molar-refractivity contribution in [2.24, 2.45) is 0 Å². The van der Waals surface area contributed by atoms with Crippen molar-refractivity contribution < 1.29 is 13.2 Å². The first kappa shape index (κ1) is 21.1. The summed E-state index contributed by atoms with van der Waals surface area (Å²) in [6, 6.07) is 14.2. The molecule has 9 heteroatoms. The molecule has 2 aromatic carbocycles. The van der Waals surface area contributed by atoms with Crippen molar-refractivity contribution in [3.63, 3.8) is 0 Å². The number of hydrogen-bond acceptors (Lipinski definition) is 4. The number of nitrogens with zero attached hydrogens (tertiary/aromatic N) is 2. The van der Waals surface area contributed by atoms with Crippen molar-refractivity contribution in [3.8, 4) is 5.69 Å². The molecule has 152 valence electrons. The highest BCUT2D eigenvalue weighted by Gasteiger charge is 2.16. The molecule has 0 saturated carbocycles. The molecule has 0 radical (unpaired) electrons. The van der Waals surface area contributed by atoms with Crippen LogP contribution in [0.3, 0.4) is 0 Å². The molecule has 29 heavy (non-hydrogen) atoms. The first-order valence-corrected chi connectivity index (χ1v) is 11.5. The Morgan fingerprint density at radius 1 is 1.07 bits per heavy atom. The van der Waals surface area contributed by atoms with Gasteiger partial charge in [0.2, 0.25) is 10.0 Å². The van der Waals surface area contributed by atoms with Gasteiger partial charge >= 0.3 is 0 Å². The van der Waals surface area contributed by atoms with Gasteiger partial charge in [-0.3, -0.25) is 9.52 Å². The molecule has 0 fully saturated rings. The number of nitrogens with one attached hydrogen (secondary N) is 2. The van der Waals surface area contributed by atoms with Crippen molar-refractivity contribution in [3.05, 3.63) is 70.5 Å². The Labute approximate surface area is 178 Å². The Morgan fingerprint density at radius 2 is 1.69 bits per heavy atom. The molecule has 0 bridgehead atoms. The summed E-state index contributed by atoms with van der Waals surface area (Å²) in [6.45, 7) is 3.63. The average molecular weight is 477 g/mol. The van der Waals surface area contributed by atoms with Gasteiger partial charge in [-0.15, -0.1) is 0 Å². The van der Waals surface area contributed by atoms with Gasteiger partial charge in [-0.2, -0.15) is 5.10 Å². The summed E-state index contributed by atoms with van der Waals surface area (Å²) < 4.78 is 28.8. The summed E-state index contributed by atoms with van der Waals surface area (Å²) in [5.41, 5.74) is 3.04. The van der Waals surface area contributed by atoms with E-state index < -0.39 is 10.0 Å². The van der Waals surface area contributed by atoms with E-state index in [-0.39, 0.29) is 11.7 Å². The lowest BCUT2D eigenvalue weighted by Gasteiger charge is -2.09. The Bertz CT molecular complexity index is 1110. The molecule has 0 saturated heterocycles. The third-order valence-electron chi connectivity index (χ3n) is 4.21. The highest BCUT2D eigenvalue weighted by atomic mass is 79.9. The van der Waals surface area contributed by atoms with E-state index in [4.69, 9.17) is 0 Å². The van der Waals surface area contributed by atoms with Gasteiger partial charge in [-0.1, -0.05) is 22.9 Å². The van der Waals surface area contributed by atoms with Crippen LogP contribution < -0.4 is 10.0 Å². The smallest absolute Gasteiger partial charge is 0.259 e. The van der Waals surface area contributed by atoms with Crippen LogP contribution in [0, 0.1) is 6.92 Å². The highest BCUT2D eigenvalue weighted by Crippen LogP contribution is 2.19. The van der Waals surface area contributed by atoms with Crippen LogP contribution in [0.15, 0.2) is 59.2 Å². The van der Waals surface area contributed by atoms with Gasteiger partial charge in [0.1, 0.15) is 0 Å². The number of anilines is 2. The molecule has 3 aromatic rings. The zero-order valence-electron chi connectivity index (χ0n) is 16.0. The topological polar surface area (TPSA) is 93.1 Å². The van der Waals surface area contributed by atoms with E-state index in [1.165, 1.54) is 6.20 Å². The van der Waals surface area contributed by atoms with Crippen molar-refractivity contribution in [2.75, 3.05) is 15.8 Å². The molecule has 0 aliphatic rings. The number of carbonyl (C=O) groups is 1. The number of rotatable bonds is 7. The summed E-state index contributed by atoms with van der Waals surface area (Å²) >= 11 is 3.40. The zero-order chi connectivity index (χ0) is 21.0. The molecule has 0 atom stereocenters. The predicted molar refractivity (Wildman–Crippen MR) is 118 cm³/mol. The Morgan fingerprint density at radius 3 is 2.31 bits per heavy atom. The normalized spacial score (nSPS) is 11.3. The summed E-state index contributed by atoms with van der Waals surface area (Å²) in [5, 5.41) is 7.13. The van der Waals surface area contributed by atoms with E-state index in [2.05, 4.69) is 31.1 Å². The summed E-state index contributed by atoms with van der Waals surface area (Å²) in [5.74, 6) is -0.224. The third kappa shape index (κ3) is 5.24. The monoisotopic (exact) mass is 476 g/mol. The van der Waals surface area contributed by atoms with Crippen LogP contribution in [0.2, 0.25) is 0 Å². The maximum atomic E-state index is 12.6. The van der Waals surface area contributed by atoms with E-state index in [9.17, 15) is 13.2 Å². The number of halogens is 1. The third-order valence-corrected chi connectivity index (χ3v) is 6.24. The SMILES string of the molecule is CCCS(=O)(=O)Nc1ccc(NC(=O)c2cnn(-c3ccc(Br)cc3)c2C)cc1. The maximum absolute atomic E-state index is 12.6. The van der Waals surface area contributed by atoms with Crippen LogP contribution in [-0.4, -0.2) is 29.9 Å². The van der Waals surface area contributed by atoms with Crippen LogP contribution in [0.25, 0.3) is 5.69 Å². The fraction of sp³-hybridized carbons (Fsp3) is 0.200. The molecule has 0 spiro atoms. The number of sulfonamides is 1. The number of hydrogen-bond donors (Lipinski definition) is 2. The van der Waals surface area contributed by atoms with Gasteiger partial charge in [0.05, 0.1) is 28.9 Å². The standard InChI is InChI=1S/C20H21BrN4O3S/c1-3-12-29(27,28)24-17-8-6-16(7-9-17)23-20(26)19-13-22-25(14(19)2)18-10-4-15(21)5-11-18/h4-11,13,24H,3,12H2,1-2H3,(H,23,26). The summed E-state index contributed by atoms with van der Waals surface area (Å²) in [4.78, 5) is 12.6. The quantitative estimate of drug-likeness (QED) is 0.529. The molecule has 3 rings (SSSR count). The summed E-state index contributed by atoms with van der Waals surface area (Å²) in [7, 11) is -3.35. The minimum absolute atomic E-state index is 0.0626. The first-order chi connectivity index (χ1) is 13.8. The Kier molecular flexibility index (Phi) is 6.39. The van der Waals surface area contributed by atoms with E-state index in [0.29, 0.717) is 29.1 Å². The maximum Gasteiger partial charge on any atom is 0.259 e. The van der Waals surface area contributed by atoms with Crippen LogP contribution >= 0.6 is 15.9 Å². The van der Waals surface area contributed by atoms with Crippen LogP contribution in [0.1, 0.15) is 29.4 Å². The minimum Gasteiger partial charge on any atom is -0.322 e. The van der Waals surface area contributed by atoms with Gasteiger partial charge < -0.3 is 5.32 Å². The summed E-state index contributed by atoms with van der Waals surface area (Å²) in [6.07, 6.45) is 2.07. The van der Waals surface area contributed by atoms with Crippen LogP contribution in [0.5, 0.6) is 0 Å². The van der Waals surface area contributed by atoms with Crippen LogP contribution in [-0.2, 0) is 10.0 Å². The van der Waals surface area contributed by atoms with E-state index in [0.717, 1.165) is 10.2 Å². The van der Waals surface area contributed by atoms with Gasteiger partial charge in [0, 0.05) is 15.8 Å². The molecule has 1 aromatic heterocycles. The molecule has 1 heterocycles. The van der Waals surface area contributed by atoms with Gasteiger partial charge in [0.15, 0.2) is 0 Å². The van der Waals surface area contributed by atoms with Crippen molar-refractivity contribution >= 4 is 43.2 Å². The lowest BCUT2D eigenvalue weighted by atomic mass is 10.2. The molecule has 0 aliphatic carbocycles. The van der Waals surface area contributed by atoms with E-state index in [1.807, 2.05) is 31.2 Å². The first-order valence-electron chi connectivity index (χ1n) is 9.01. The second kappa shape index (κ2) is 8.79. The lowest BCUT2D eigenvalue weighted by molar-refractivity contribution is 0.102. The lowest BCUT2D eigenvalue weighted by Crippen LogP contribution is -2.16. The Hall–Kier alpha value is -2.65. The predicted octanol–water partition coefficient (Wildman–Crippen LogP) is 4.35. The average Bonchev–Trinajstić information content (AvgIpc) is 3.05. The Balaban J connectivity index is 1.71. The number of aromatic nitrogens is 2. The van der Waals surface area contributed by atoms with Gasteiger partial charge in [-0.25, -0.2) is 13.1 Å². The van der Waals surface area contributed by atoms with E-state index in [1.54, 1.807) is 35.9 Å². The van der Waals surface area contributed by atoms with Crippen molar-refractivity contribution in [1.82, 2.24) is 9.78 Å². The molecular weight excluding hydrogens is 456 g/mol. The second-order valence-electron chi connectivity index (χ2n) is 6.48. The molecule has 7 nitrogen and oxygen atoms in total. The fourth-order valence-corrected chi connectivity index (χ4v) is 4.19. The minimum atomic E-state index is -3.35. The van der Waals surface area contributed by atoms with Gasteiger partial charge in [0.25, 0.3) is 5.91 Å². The molecule has 2 N–H and O–H groups in total. The van der Waals surface area contributed by atoms with Crippen molar-refractivity contribution in [2.45, 2.75) is 20.3 Å². The molecule has 1 amide bonds. The zero-order valence-corrected chi connectivity index (χ0v) is 18.4. The van der Waals surface area contributed by atoms with Crippen molar-refractivity contribution in [1.29, 1.82) is 0 Å². The highest BCUT2D eigenvalue weighted by molar-refractivity contribution is 9.10. The molecule has 0 unspecified atom stereocenters. The molecule has 0 aliphatic heterocycles.